The van der Waals surface area contributed by atoms with Crippen LogP contribution >= 0.6 is 11.8 Å². The van der Waals surface area contributed by atoms with Gasteiger partial charge in [0.05, 0.1) is 0 Å². The lowest BCUT2D eigenvalue weighted by atomic mass is 10.3. The van der Waals surface area contributed by atoms with Gasteiger partial charge in [0.1, 0.15) is 5.25 Å². The normalized spacial score (nSPS) is 12.4. The molecule has 1 rings (SSSR count). The van der Waals surface area contributed by atoms with Gasteiger partial charge in [-0.25, -0.2) is 0 Å². The second kappa shape index (κ2) is 4.18. The minimum atomic E-state index is -0.804. The third-order valence-corrected chi connectivity index (χ3v) is 2.64. The molecule has 0 unspecified atom stereocenters. The van der Waals surface area contributed by atoms with Gasteiger partial charge in [-0.05, 0) is 31.2 Å². The lowest BCUT2D eigenvalue weighted by molar-refractivity contribution is -0.136. The second-order valence-corrected chi connectivity index (χ2v) is 4.08. The molecule has 0 heterocycles. The van der Waals surface area contributed by atoms with E-state index in [0.717, 1.165) is 4.90 Å². The summed E-state index contributed by atoms with van der Waals surface area (Å²) in [5.74, 6) is -0.804. The fourth-order valence-electron chi connectivity index (χ4n) is 0.801. The monoisotopic (exact) mass is 197 g/mol. The van der Waals surface area contributed by atoms with Gasteiger partial charge in [0.2, 0.25) is 0 Å². The van der Waals surface area contributed by atoms with Crippen molar-refractivity contribution in [1.29, 1.82) is 0 Å². The number of hydrogen-bond donors (Lipinski definition) is 2. The maximum absolute atomic E-state index is 10.5. The van der Waals surface area contributed by atoms with Crippen LogP contribution in [-0.4, -0.2) is 16.3 Å². The van der Waals surface area contributed by atoms with Crippen molar-refractivity contribution in [2.24, 2.45) is 0 Å². The van der Waals surface area contributed by atoms with Crippen molar-refractivity contribution in [3.05, 3.63) is 24.3 Å². The standard InChI is InChI=1S/C9H11NO2S/c1-6(9(11)12)13-8-4-2-7(10)3-5-8/h2-6H,10H2,1H3,(H,11,12)/t6-/m1/s1. The molecule has 1 aromatic carbocycles. The van der Waals surface area contributed by atoms with Crippen LogP contribution in [0.4, 0.5) is 5.69 Å². The lowest BCUT2D eigenvalue weighted by Gasteiger charge is -2.05. The zero-order chi connectivity index (χ0) is 9.84. The average Bonchev–Trinajstić information content (AvgIpc) is 2.08. The summed E-state index contributed by atoms with van der Waals surface area (Å²) in [6.07, 6.45) is 0. The summed E-state index contributed by atoms with van der Waals surface area (Å²) in [5, 5.41) is 8.23. The van der Waals surface area contributed by atoms with E-state index in [1.54, 1.807) is 19.1 Å². The predicted molar refractivity (Wildman–Crippen MR) is 53.8 cm³/mol. The number of nitrogen functional groups attached to an aromatic ring is 1. The maximum atomic E-state index is 10.5. The van der Waals surface area contributed by atoms with Crippen LogP contribution in [-0.2, 0) is 4.79 Å². The van der Waals surface area contributed by atoms with Gasteiger partial charge in [-0.3, -0.25) is 4.79 Å². The Kier molecular flexibility index (Phi) is 3.19. The molecule has 0 aliphatic heterocycles. The van der Waals surface area contributed by atoms with Gasteiger partial charge >= 0.3 is 5.97 Å². The van der Waals surface area contributed by atoms with Crippen LogP contribution < -0.4 is 5.73 Å². The third-order valence-electron chi connectivity index (χ3n) is 1.54. The van der Waals surface area contributed by atoms with Crippen molar-refractivity contribution in [2.45, 2.75) is 17.1 Å². The van der Waals surface area contributed by atoms with Crippen LogP contribution in [0.2, 0.25) is 0 Å². The van der Waals surface area contributed by atoms with E-state index >= 15 is 0 Å². The molecule has 1 aromatic rings. The molecule has 0 aliphatic rings. The summed E-state index contributed by atoms with van der Waals surface area (Å²) in [7, 11) is 0. The van der Waals surface area contributed by atoms with Gasteiger partial charge in [-0.15, -0.1) is 11.8 Å². The summed E-state index contributed by atoms with van der Waals surface area (Å²) in [4.78, 5) is 11.4. The molecule has 0 aromatic heterocycles. The van der Waals surface area contributed by atoms with E-state index in [9.17, 15) is 4.79 Å². The number of carboxylic acids is 1. The number of aliphatic carboxylic acids is 1. The Morgan fingerprint density at radius 2 is 2.00 bits per heavy atom. The highest BCUT2D eigenvalue weighted by Crippen LogP contribution is 2.23. The Morgan fingerprint density at radius 3 is 2.46 bits per heavy atom. The summed E-state index contributed by atoms with van der Waals surface area (Å²) in [6.45, 7) is 1.66. The molecule has 0 fully saturated rings. The number of carbonyl (C=O) groups is 1. The van der Waals surface area contributed by atoms with Gasteiger partial charge < -0.3 is 10.8 Å². The molecule has 0 saturated heterocycles. The minimum Gasteiger partial charge on any atom is -0.480 e. The van der Waals surface area contributed by atoms with E-state index in [-0.39, 0.29) is 0 Å². The van der Waals surface area contributed by atoms with Crippen LogP contribution in [0.25, 0.3) is 0 Å². The smallest absolute Gasteiger partial charge is 0.316 e. The molecule has 3 N–H and O–H groups in total. The molecule has 0 aliphatic carbocycles. The fourth-order valence-corrected chi connectivity index (χ4v) is 1.60. The largest absolute Gasteiger partial charge is 0.480 e. The number of hydrogen-bond acceptors (Lipinski definition) is 3. The first-order valence-electron chi connectivity index (χ1n) is 3.84. The maximum Gasteiger partial charge on any atom is 0.316 e. The zero-order valence-electron chi connectivity index (χ0n) is 7.23. The summed E-state index contributed by atoms with van der Waals surface area (Å²) < 4.78 is 0. The first kappa shape index (κ1) is 9.92. The van der Waals surface area contributed by atoms with Gasteiger partial charge in [0.25, 0.3) is 0 Å². The van der Waals surface area contributed by atoms with Crippen LogP contribution in [0.3, 0.4) is 0 Å². The van der Waals surface area contributed by atoms with E-state index in [1.807, 2.05) is 12.1 Å². The summed E-state index contributed by atoms with van der Waals surface area (Å²) in [6, 6.07) is 7.16. The molecular weight excluding hydrogens is 186 g/mol. The van der Waals surface area contributed by atoms with Crippen LogP contribution in [0.15, 0.2) is 29.2 Å². The number of nitrogens with two attached hydrogens (primary N) is 1. The molecule has 13 heavy (non-hydrogen) atoms. The Bertz CT molecular complexity index is 297. The van der Waals surface area contributed by atoms with E-state index in [1.165, 1.54) is 11.8 Å². The lowest BCUT2D eigenvalue weighted by Crippen LogP contribution is -2.10. The highest BCUT2D eigenvalue weighted by Gasteiger charge is 2.11. The number of carboxylic acid groups (broad SMARTS) is 1. The SMILES string of the molecule is C[C@@H](Sc1ccc(N)cc1)C(=O)O. The van der Waals surface area contributed by atoms with Crippen molar-refractivity contribution < 1.29 is 9.90 Å². The number of anilines is 1. The first-order chi connectivity index (χ1) is 6.09. The average molecular weight is 197 g/mol. The number of rotatable bonds is 3. The van der Waals surface area contributed by atoms with Crippen LogP contribution in [0, 0.1) is 0 Å². The minimum absolute atomic E-state index is 0.427. The topological polar surface area (TPSA) is 63.3 Å². The molecule has 4 heteroatoms. The fraction of sp³-hybridized carbons (Fsp3) is 0.222. The first-order valence-corrected chi connectivity index (χ1v) is 4.72. The third kappa shape index (κ3) is 2.99. The van der Waals surface area contributed by atoms with E-state index < -0.39 is 11.2 Å². The number of thioether (sulfide) groups is 1. The van der Waals surface area contributed by atoms with Crippen molar-refractivity contribution in [1.82, 2.24) is 0 Å². The summed E-state index contributed by atoms with van der Waals surface area (Å²) in [5.41, 5.74) is 6.18. The van der Waals surface area contributed by atoms with E-state index in [4.69, 9.17) is 10.8 Å². The molecule has 0 radical (unpaired) electrons. The Balaban J connectivity index is 2.64. The molecule has 1 atom stereocenters. The Labute approximate surface area is 80.9 Å². The summed E-state index contributed by atoms with van der Waals surface area (Å²) >= 11 is 1.31. The van der Waals surface area contributed by atoms with Gasteiger partial charge in [0.15, 0.2) is 0 Å². The predicted octanol–water partition coefficient (Wildman–Crippen LogP) is 1.83. The molecule has 0 spiro atoms. The molecule has 0 bridgehead atoms. The molecular formula is C9H11NO2S. The zero-order valence-corrected chi connectivity index (χ0v) is 8.04. The molecule has 0 saturated carbocycles. The van der Waals surface area contributed by atoms with Crippen LogP contribution in [0.5, 0.6) is 0 Å². The van der Waals surface area contributed by atoms with Gasteiger partial charge in [0, 0.05) is 10.6 Å². The highest BCUT2D eigenvalue weighted by molar-refractivity contribution is 8.00. The van der Waals surface area contributed by atoms with Crippen LogP contribution in [0.1, 0.15) is 6.92 Å². The Morgan fingerprint density at radius 1 is 1.46 bits per heavy atom. The molecule has 0 amide bonds. The van der Waals surface area contributed by atoms with Crippen molar-refractivity contribution in [3.8, 4) is 0 Å². The second-order valence-electron chi connectivity index (χ2n) is 2.67. The van der Waals surface area contributed by atoms with Crippen molar-refractivity contribution in [3.63, 3.8) is 0 Å². The number of benzene rings is 1. The molecule has 70 valence electrons. The molecule has 3 nitrogen and oxygen atoms in total. The quantitative estimate of drug-likeness (QED) is 0.573. The van der Waals surface area contributed by atoms with Gasteiger partial charge in [-0.1, -0.05) is 0 Å². The van der Waals surface area contributed by atoms with Crippen molar-refractivity contribution >= 4 is 23.4 Å². The Hall–Kier alpha value is -1.16. The van der Waals surface area contributed by atoms with Crippen molar-refractivity contribution in [2.75, 3.05) is 5.73 Å². The highest BCUT2D eigenvalue weighted by atomic mass is 32.2. The van der Waals surface area contributed by atoms with E-state index in [2.05, 4.69) is 0 Å². The van der Waals surface area contributed by atoms with Gasteiger partial charge in [-0.2, -0.15) is 0 Å². The van der Waals surface area contributed by atoms with E-state index in [0.29, 0.717) is 5.69 Å².